The van der Waals surface area contributed by atoms with Gasteiger partial charge in [0.1, 0.15) is 0 Å². The lowest BCUT2D eigenvalue weighted by Gasteiger charge is -2.42. The van der Waals surface area contributed by atoms with E-state index in [-0.39, 0.29) is 5.92 Å². The van der Waals surface area contributed by atoms with E-state index in [2.05, 4.69) is 42.2 Å². The highest BCUT2D eigenvalue weighted by molar-refractivity contribution is 5.23. The van der Waals surface area contributed by atoms with Gasteiger partial charge < -0.3 is 10.0 Å². The molecule has 0 bridgehead atoms. The minimum Gasteiger partial charge on any atom is -0.389 e. The predicted molar refractivity (Wildman–Crippen MR) is 92.1 cm³/mol. The number of likely N-dealkylation sites (tertiary alicyclic amines) is 1. The van der Waals surface area contributed by atoms with Gasteiger partial charge in [0.15, 0.2) is 0 Å². The van der Waals surface area contributed by atoms with Crippen LogP contribution in [0.15, 0.2) is 30.3 Å². The molecule has 2 heteroatoms. The molecule has 1 saturated heterocycles. The highest BCUT2D eigenvalue weighted by atomic mass is 16.3. The van der Waals surface area contributed by atoms with Crippen LogP contribution in [-0.4, -0.2) is 35.2 Å². The summed E-state index contributed by atoms with van der Waals surface area (Å²) in [5, 5.41) is 11.7. The van der Waals surface area contributed by atoms with Crippen LogP contribution < -0.4 is 0 Å². The summed E-state index contributed by atoms with van der Waals surface area (Å²) in [6.07, 6.45) is 8.54. The molecule has 2 fully saturated rings. The van der Waals surface area contributed by atoms with Gasteiger partial charge in [-0.2, -0.15) is 0 Å². The maximum Gasteiger partial charge on any atom is 0.0753 e. The maximum absolute atomic E-state index is 11.7. The smallest absolute Gasteiger partial charge is 0.0753 e. The monoisotopic (exact) mass is 301 g/mol. The van der Waals surface area contributed by atoms with Crippen molar-refractivity contribution in [1.82, 2.24) is 4.90 Å². The van der Waals surface area contributed by atoms with Crippen LogP contribution in [0.2, 0.25) is 0 Å². The fraction of sp³-hybridized carbons (Fsp3) is 0.700. The van der Waals surface area contributed by atoms with Gasteiger partial charge >= 0.3 is 0 Å². The fourth-order valence-corrected chi connectivity index (χ4v) is 4.56. The largest absolute Gasteiger partial charge is 0.389 e. The molecule has 3 rings (SSSR count). The number of nitrogens with zero attached hydrogens (tertiary/aromatic N) is 1. The quantitative estimate of drug-likeness (QED) is 0.843. The van der Waals surface area contributed by atoms with Crippen LogP contribution in [0.4, 0.5) is 0 Å². The van der Waals surface area contributed by atoms with Crippen LogP contribution in [0.5, 0.6) is 0 Å². The average Bonchev–Trinajstić information content (AvgIpc) is 2.99. The summed E-state index contributed by atoms with van der Waals surface area (Å²) in [5.41, 5.74) is 0.749. The zero-order valence-corrected chi connectivity index (χ0v) is 14.0. The predicted octanol–water partition coefficient (Wildman–Crippen LogP) is 4.20. The number of rotatable bonds is 4. The van der Waals surface area contributed by atoms with Crippen LogP contribution in [0.25, 0.3) is 0 Å². The second-order valence-corrected chi connectivity index (χ2v) is 7.43. The lowest BCUT2D eigenvalue weighted by molar-refractivity contribution is -0.0539. The zero-order valence-electron chi connectivity index (χ0n) is 14.0. The number of benzene rings is 1. The van der Waals surface area contributed by atoms with Crippen LogP contribution in [0.3, 0.4) is 0 Å². The lowest BCUT2D eigenvalue weighted by Crippen LogP contribution is -2.47. The van der Waals surface area contributed by atoms with Crippen LogP contribution >= 0.6 is 0 Å². The number of aliphatic hydroxyl groups is 1. The molecule has 1 N–H and O–H groups in total. The summed E-state index contributed by atoms with van der Waals surface area (Å²) < 4.78 is 0. The van der Waals surface area contributed by atoms with Gasteiger partial charge in [-0.25, -0.2) is 0 Å². The summed E-state index contributed by atoms with van der Waals surface area (Å²) in [5.74, 6) is 0.641. The van der Waals surface area contributed by atoms with Gasteiger partial charge in [-0.3, -0.25) is 0 Å². The first-order valence-corrected chi connectivity index (χ1v) is 9.20. The first kappa shape index (κ1) is 16.0. The Morgan fingerprint density at radius 1 is 1.09 bits per heavy atom. The molecule has 0 amide bonds. The van der Waals surface area contributed by atoms with Gasteiger partial charge in [0, 0.05) is 18.4 Å². The standard InChI is InChI=1S/C20H31NO/c1-17(18-10-4-2-5-11-18)20(22)13-7-3-6-12-19(20)16-21-14-8-9-15-21/h2,4-5,10-11,17,19,22H,3,6-9,12-16H2,1H3. The molecular weight excluding hydrogens is 270 g/mol. The Labute approximate surface area is 135 Å². The Balaban J connectivity index is 1.80. The molecular formula is C20H31NO. The minimum absolute atomic E-state index is 0.222. The molecule has 1 saturated carbocycles. The van der Waals surface area contributed by atoms with E-state index in [1.54, 1.807) is 0 Å². The summed E-state index contributed by atoms with van der Waals surface area (Å²) in [7, 11) is 0. The van der Waals surface area contributed by atoms with Gasteiger partial charge in [0.2, 0.25) is 0 Å². The van der Waals surface area contributed by atoms with E-state index < -0.39 is 5.60 Å². The SMILES string of the molecule is CC(c1ccccc1)C1(O)CCCCCC1CN1CCCC1. The van der Waals surface area contributed by atoms with Crippen molar-refractivity contribution in [3.8, 4) is 0 Å². The minimum atomic E-state index is -0.541. The normalized spacial score (nSPS) is 31.8. The molecule has 122 valence electrons. The van der Waals surface area contributed by atoms with Crippen molar-refractivity contribution >= 4 is 0 Å². The average molecular weight is 301 g/mol. The van der Waals surface area contributed by atoms with Crippen molar-refractivity contribution in [2.45, 2.75) is 63.4 Å². The van der Waals surface area contributed by atoms with E-state index in [9.17, 15) is 5.11 Å². The second kappa shape index (κ2) is 7.14. The molecule has 1 aliphatic carbocycles. The molecule has 0 radical (unpaired) electrons. The van der Waals surface area contributed by atoms with E-state index in [0.717, 1.165) is 13.0 Å². The van der Waals surface area contributed by atoms with Gasteiger partial charge in [-0.05, 0) is 44.3 Å². The van der Waals surface area contributed by atoms with Gasteiger partial charge in [0.25, 0.3) is 0 Å². The van der Waals surface area contributed by atoms with E-state index in [1.807, 2.05) is 0 Å². The second-order valence-electron chi connectivity index (χ2n) is 7.43. The van der Waals surface area contributed by atoms with Crippen molar-refractivity contribution in [3.63, 3.8) is 0 Å². The van der Waals surface area contributed by atoms with Crippen molar-refractivity contribution in [2.24, 2.45) is 5.92 Å². The molecule has 1 aromatic rings. The number of hydrogen-bond acceptors (Lipinski definition) is 2. The molecule has 0 aromatic heterocycles. The third-order valence-electron chi connectivity index (χ3n) is 6.06. The van der Waals surface area contributed by atoms with Crippen LogP contribution in [-0.2, 0) is 0 Å². The Bertz CT molecular complexity index is 454. The first-order valence-electron chi connectivity index (χ1n) is 9.20. The highest BCUT2D eigenvalue weighted by Crippen LogP contribution is 2.43. The molecule has 22 heavy (non-hydrogen) atoms. The van der Waals surface area contributed by atoms with Gasteiger partial charge in [-0.1, -0.05) is 56.5 Å². The molecule has 1 aromatic carbocycles. The van der Waals surface area contributed by atoms with E-state index >= 15 is 0 Å². The number of hydrogen-bond donors (Lipinski definition) is 1. The zero-order chi connectivity index (χ0) is 15.4. The third-order valence-corrected chi connectivity index (χ3v) is 6.06. The molecule has 3 unspecified atom stereocenters. The van der Waals surface area contributed by atoms with E-state index in [0.29, 0.717) is 5.92 Å². The van der Waals surface area contributed by atoms with Crippen LogP contribution in [0, 0.1) is 5.92 Å². The van der Waals surface area contributed by atoms with Crippen molar-refractivity contribution in [3.05, 3.63) is 35.9 Å². The Morgan fingerprint density at radius 2 is 1.82 bits per heavy atom. The van der Waals surface area contributed by atoms with Gasteiger partial charge in [-0.15, -0.1) is 0 Å². The highest BCUT2D eigenvalue weighted by Gasteiger charge is 2.43. The fourth-order valence-electron chi connectivity index (χ4n) is 4.56. The molecule has 2 aliphatic rings. The third kappa shape index (κ3) is 3.38. The summed E-state index contributed by atoms with van der Waals surface area (Å²) in [4.78, 5) is 2.58. The molecule has 1 aliphatic heterocycles. The van der Waals surface area contributed by atoms with Gasteiger partial charge in [0.05, 0.1) is 5.60 Å². The van der Waals surface area contributed by atoms with Crippen molar-refractivity contribution in [1.29, 1.82) is 0 Å². The van der Waals surface area contributed by atoms with E-state index in [1.165, 1.54) is 57.2 Å². The van der Waals surface area contributed by atoms with E-state index in [4.69, 9.17) is 0 Å². The molecule has 3 atom stereocenters. The topological polar surface area (TPSA) is 23.5 Å². The Kier molecular flexibility index (Phi) is 5.20. The molecule has 0 spiro atoms. The van der Waals surface area contributed by atoms with Crippen LogP contribution in [0.1, 0.15) is 63.4 Å². The summed E-state index contributed by atoms with van der Waals surface area (Å²) in [6, 6.07) is 10.6. The van der Waals surface area contributed by atoms with Crippen molar-refractivity contribution in [2.75, 3.05) is 19.6 Å². The molecule has 2 nitrogen and oxygen atoms in total. The molecule has 1 heterocycles. The maximum atomic E-state index is 11.7. The summed E-state index contributed by atoms with van der Waals surface area (Å²) >= 11 is 0. The Morgan fingerprint density at radius 3 is 2.55 bits per heavy atom. The lowest BCUT2D eigenvalue weighted by atomic mass is 9.71. The Hall–Kier alpha value is -0.860. The summed E-state index contributed by atoms with van der Waals surface area (Å²) in [6.45, 7) is 5.78. The van der Waals surface area contributed by atoms with Crippen molar-refractivity contribution < 1.29 is 5.11 Å². The first-order chi connectivity index (χ1) is 10.7.